The molecule has 96 valence electrons. The van der Waals surface area contributed by atoms with Gasteiger partial charge < -0.3 is 15.5 Å². The van der Waals surface area contributed by atoms with E-state index in [-0.39, 0.29) is 12.1 Å². The van der Waals surface area contributed by atoms with E-state index < -0.39 is 0 Å². The molecule has 0 aromatic rings. The van der Waals surface area contributed by atoms with Crippen molar-refractivity contribution < 1.29 is 10.2 Å². The Hall–Kier alpha value is -0.120. The molecule has 0 saturated heterocycles. The molecule has 0 radical (unpaired) electrons. The summed E-state index contributed by atoms with van der Waals surface area (Å²) in [5, 5.41) is 21.7. The van der Waals surface area contributed by atoms with Crippen molar-refractivity contribution in [2.24, 2.45) is 5.92 Å². The molecule has 0 heterocycles. The van der Waals surface area contributed by atoms with E-state index in [2.05, 4.69) is 12.2 Å². The first-order valence-electron chi connectivity index (χ1n) is 6.69. The Morgan fingerprint density at radius 3 is 2.38 bits per heavy atom. The zero-order valence-electron chi connectivity index (χ0n) is 10.5. The summed E-state index contributed by atoms with van der Waals surface area (Å²) in [6, 6.07) is 0. The number of hydrogen-bond acceptors (Lipinski definition) is 3. The van der Waals surface area contributed by atoms with Gasteiger partial charge in [0.05, 0.1) is 6.61 Å². The highest BCUT2D eigenvalue weighted by molar-refractivity contribution is 4.91. The lowest BCUT2D eigenvalue weighted by molar-refractivity contribution is 0.105. The van der Waals surface area contributed by atoms with Gasteiger partial charge in [0.2, 0.25) is 0 Å². The molecule has 0 amide bonds. The van der Waals surface area contributed by atoms with Gasteiger partial charge in [0.15, 0.2) is 0 Å². The molecule has 3 N–H and O–H groups in total. The zero-order chi connectivity index (χ0) is 11.9. The molecule has 0 aliphatic heterocycles. The standard InChI is InChI=1S/C13H27NO2/c1-12-5-7-13(11-16,8-6-12)14-9-3-2-4-10-15/h12,14-16H,2-11H2,1H3. The Kier molecular flexibility index (Phi) is 6.32. The van der Waals surface area contributed by atoms with E-state index in [0.29, 0.717) is 6.61 Å². The van der Waals surface area contributed by atoms with Crippen molar-refractivity contribution >= 4 is 0 Å². The maximum absolute atomic E-state index is 9.53. The maximum atomic E-state index is 9.53. The second-order valence-electron chi connectivity index (χ2n) is 5.33. The highest BCUT2D eigenvalue weighted by Crippen LogP contribution is 2.31. The van der Waals surface area contributed by atoms with Crippen molar-refractivity contribution in [3.05, 3.63) is 0 Å². The van der Waals surface area contributed by atoms with Crippen molar-refractivity contribution in [2.45, 2.75) is 57.4 Å². The fraction of sp³-hybridized carbons (Fsp3) is 1.00. The molecular weight excluding hydrogens is 202 g/mol. The summed E-state index contributed by atoms with van der Waals surface area (Å²) in [6.45, 7) is 3.82. The SMILES string of the molecule is CC1CCC(CO)(NCCCCCO)CC1. The van der Waals surface area contributed by atoms with E-state index in [1.54, 1.807) is 0 Å². The Balaban J connectivity index is 2.20. The molecule has 3 heteroatoms. The van der Waals surface area contributed by atoms with Gasteiger partial charge in [0.25, 0.3) is 0 Å². The van der Waals surface area contributed by atoms with Crippen LogP contribution in [0.15, 0.2) is 0 Å². The highest BCUT2D eigenvalue weighted by Gasteiger charge is 2.32. The van der Waals surface area contributed by atoms with Gasteiger partial charge in [-0.15, -0.1) is 0 Å². The van der Waals surface area contributed by atoms with Crippen molar-refractivity contribution in [3.63, 3.8) is 0 Å². The molecule has 1 fully saturated rings. The molecule has 1 aliphatic rings. The van der Waals surface area contributed by atoms with Crippen LogP contribution in [0.5, 0.6) is 0 Å². The molecule has 0 aromatic carbocycles. The van der Waals surface area contributed by atoms with Gasteiger partial charge in [0, 0.05) is 12.1 Å². The van der Waals surface area contributed by atoms with Crippen molar-refractivity contribution in [2.75, 3.05) is 19.8 Å². The van der Waals surface area contributed by atoms with Gasteiger partial charge in [0.1, 0.15) is 0 Å². The smallest absolute Gasteiger partial charge is 0.0613 e. The Morgan fingerprint density at radius 1 is 1.12 bits per heavy atom. The summed E-state index contributed by atoms with van der Waals surface area (Å²) in [5.74, 6) is 0.816. The van der Waals surface area contributed by atoms with Crippen LogP contribution in [0, 0.1) is 5.92 Å². The Bertz CT molecular complexity index is 177. The average molecular weight is 229 g/mol. The van der Waals surface area contributed by atoms with Crippen molar-refractivity contribution in [1.82, 2.24) is 5.32 Å². The van der Waals surface area contributed by atoms with Crippen LogP contribution in [0.4, 0.5) is 0 Å². The molecule has 1 rings (SSSR count). The van der Waals surface area contributed by atoms with Gasteiger partial charge in [-0.05, 0) is 57.4 Å². The number of rotatable bonds is 7. The summed E-state index contributed by atoms with van der Waals surface area (Å²) in [6.07, 6.45) is 7.72. The predicted molar refractivity (Wildman–Crippen MR) is 66.4 cm³/mol. The molecule has 3 nitrogen and oxygen atoms in total. The van der Waals surface area contributed by atoms with Gasteiger partial charge in [-0.1, -0.05) is 6.92 Å². The number of aliphatic hydroxyl groups excluding tert-OH is 2. The van der Waals surface area contributed by atoms with E-state index in [1.165, 1.54) is 12.8 Å². The first-order valence-corrected chi connectivity index (χ1v) is 6.69. The summed E-state index contributed by atoms with van der Waals surface area (Å²) in [7, 11) is 0. The normalized spacial score (nSPS) is 30.6. The second kappa shape index (κ2) is 7.25. The largest absolute Gasteiger partial charge is 0.396 e. The van der Waals surface area contributed by atoms with Crippen LogP contribution in [-0.4, -0.2) is 35.5 Å². The Morgan fingerprint density at radius 2 is 1.81 bits per heavy atom. The van der Waals surface area contributed by atoms with Gasteiger partial charge in [-0.2, -0.15) is 0 Å². The number of aliphatic hydroxyl groups is 2. The molecule has 0 bridgehead atoms. The third-order valence-corrected chi connectivity index (χ3v) is 3.87. The molecule has 0 atom stereocenters. The van der Waals surface area contributed by atoms with Gasteiger partial charge >= 0.3 is 0 Å². The molecule has 0 unspecified atom stereocenters. The molecule has 0 aromatic heterocycles. The van der Waals surface area contributed by atoms with Gasteiger partial charge in [-0.3, -0.25) is 0 Å². The third-order valence-electron chi connectivity index (χ3n) is 3.87. The minimum Gasteiger partial charge on any atom is -0.396 e. The van der Waals surface area contributed by atoms with Crippen LogP contribution in [0.1, 0.15) is 51.9 Å². The summed E-state index contributed by atoms with van der Waals surface area (Å²) in [5.41, 5.74) is -0.00821. The van der Waals surface area contributed by atoms with E-state index >= 15 is 0 Å². The molecule has 0 spiro atoms. The van der Waals surface area contributed by atoms with Crippen LogP contribution in [0.3, 0.4) is 0 Å². The Labute approximate surface area is 99.3 Å². The van der Waals surface area contributed by atoms with E-state index in [4.69, 9.17) is 5.11 Å². The maximum Gasteiger partial charge on any atom is 0.0613 e. The van der Waals surface area contributed by atoms with Crippen LogP contribution in [0.2, 0.25) is 0 Å². The minimum absolute atomic E-state index is 0.00821. The second-order valence-corrected chi connectivity index (χ2v) is 5.33. The van der Waals surface area contributed by atoms with E-state index in [9.17, 15) is 5.11 Å². The van der Waals surface area contributed by atoms with Crippen molar-refractivity contribution in [3.8, 4) is 0 Å². The molecule has 1 saturated carbocycles. The van der Waals surface area contributed by atoms with E-state index in [0.717, 1.165) is 44.6 Å². The monoisotopic (exact) mass is 229 g/mol. The number of nitrogens with one attached hydrogen (secondary N) is 1. The predicted octanol–water partition coefficient (Wildman–Crippen LogP) is 1.68. The van der Waals surface area contributed by atoms with Crippen LogP contribution in [-0.2, 0) is 0 Å². The lowest BCUT2D eigenvalue weighted by Gasteiger charge is -2.39. The average Bonchev–Trinajstić information content (AvgIpc) is 2.32. The quantitative estimate of drug-likeness (QED) is 0.582. The zero-order valence-corrected chi connectivity index (χ0v) is 10.5. The van der Waals surface area contributed by atoms with Gasteiger partial charge in [-0.25, -0.2) is 0 Å². The summed E-state index contributed by atoms with van der Waals surface area (Å²) < 4.78 is 0. The summed E-state index contributed by atoms with van der Waals surface area (Å²) >= 11 is 0. The number of unbranched alkanes of at least 4 members (excludes halogenated alkanes) is 2. The lowest BCUT2D eigenvalue weighted by atomic mass is 9.77. The lowest BCUT2D eigenvalue weighted by Crippen LogP contribution is -2.51. The minimum atomic E-state index is -0.00821. The van der Waals surface area contributed by atoms with E-state index in [1.807, 2.05) is 0 Å². The highest BCUT2D eigenvalue weighted by atomic mass is 16.3. The topological polar surface area (TPSA) is 52.5 Å². The number of hydrogen-bond donors (Lipinski definition) is 3. The first kappa shape index (κ1) is 13.9. The molecule has 16 heavy (non-hydrogen) atoms. The van der Waals surface area contributed by atoms with Crippen LogP contribution in [0.25, 0.3) is 0 Å². The van der Waals surface area contributed by atoms with Crippen LogP contribution >= 0.6 is 0 Å². The van der Waals surface area contributed by atoms with Crippen molar-refractivity contribution in [1.29, 1.82) is 0 Å². The molecule has 1 aliphatic carbocycles. The van der Waals surface area contributed by atoms with Crippen LogP contribution < -0.4 is 5.32 Å². The summed E-state index contributed by atoms with van der Waals surface area (Å²) in [4.78, 5) is 0. The first-order chi connectivity index (χ1) is 7.72. The third kappa shape index (κ3) is 4.40. The molecular formula is C13H27NO2. The fourth-order valence-corrected chi connectivity index (χ4v) is 2.47. The fourth-order valence-electron chi connectivity index (χ4n) is 2.47.